The molecule has 3 rings (SSSR count). The number of benzene rings is 1. The van der Waals surface area contributed by atoms with Crippen LogP contribution in [0, 0.1) is 13.8 Å². The minimum Gasteiger partial charge on any atom is -0.360 e. The van der Waals surface area contributed by atoms with Crippen molar-refractivity contribution in [2.24, 2.45) is 0 Å². The first-order chi connectivity index (χ1) is 11.5. The van der Waals surface area contributed by atoms with Crippen LogP contribution in [0.4, 0.5) is 17.3 Å². The van der Waals surface area contributed by atoms with Crippen molar-refractivity contribution in [3.63, 3.8) is 0 Å². The summed E-state index contributed by atoms with van der Waals surface area (Å²) in [6.07, 6.45) is 2.83. The average Bonchev–Trinajstić information content (AvgIpc) is 2.97. The number of aryl methyl sites for hydroxylation is 1. The Morgan fingerprint density at radius 2 is 2.00 bits per heavy atom. The first kappa shape index (κ1) is 15.9. The van der Waals surface area contributed by atoms with E-state index in [0.717, 1.165) is 5.56 Å². The van der Waals surface area contributed by atoms with Crippen LogP contribution >= 0.6 is 11.6 Å². The van der Waals surface area contributed by atoms with E-state index in [1.165, 1.54) is 12.4 Å². The van der Waals surface area contributed by atoms with Gasteiger partial charge in [0.25, 0.3) is 5.91 Å². The topological polar surface area (TPSA) is 92.9 Å². The zero-order valence-corrected chi connectivity index (χ0v) is 13.8. The minimum atomic E-state index is -0.364. The fourth-order valence-corrected chi connectivity index (χ4v) is 2.17. The van der Waals surface area contributed by atoms with E-state index < -0.39 is 0 Å². The molecule has 0 aliphatic carbocycles. The number of hydrogen-bond donors (Lipinski definition) is 2. The Balaban J connectivity index is 1.70. The van der Waals surface area contributed by atoms with Gasteiger partial charge in [-0.25, -0.2) is 9.97 Å². The second-order valence-electron chi connectivity index (χ2n) is 5.10. The zero-order chi connectivity index (χ0) is 17.1. The van der Waals surface area contributed by atoms with Crippen molar-refractivity contribution >= 4 is 34.8 Å². The van der Waals surface area contributed by atoms with Crippen LogP contribution in [0.3, 0.4) is 0 Å². The number of anilines is 3. The molecule has 0 spiro atoms. The molecule has 1 aromatic carbocycles. The molecule has 122 valence electrons. The van der Waals surface area contributed by atoms with Gasteiger partial charge in [-0.3, -0.25) is 4.79 Å². The van der Waals surface area contributed by atoms with Gasteiger partial charge in [0.15, 0.2) is 5.82 Å². The summed E-state index contributed by atoms with van der Waals surface area (Å²) < 4.78 is 4.95. The van der Waals surface area contributed by atoms with Crippen LogP contribution < -0.4 is 10.6 Å². The van der Waals surface area contributed by atoms with Crippen LogP contribution in [0.15, 0.2) is 41.2 Å². The summed E-state index contributed by atoms with van der Waals surface area (Å²) in [5, 5.41) is 10.1. The monoisotopic (exact) mass is 343 g/mol. The number of rotatable bonds is 4. The number of hydrogen-bond acceptors (Lipinski definition) is 6. The maximum absolute atomic E-state index is 12.2. The molecule has 0 saturated heterocycles. The van der Waals surface area contributed by atoms with Crippen molar-refractivity contribution < 1.29 is 9.32 Å². The summed E-state index contributed by atoms with van der Waals surface area (Å²) in [5.74, 6) is 1.29. The molecule has 0 bridgehead atoms. The smallest absolute Gasteiger partial charge is 0.275 e. The fourth-order valence-electron chi connectivity index (χ4n) is 2.00. The molecule has 2 N–H and O–H groups in total. The van der Waals surface area contributed by atoms with E-state index in [9.17, 15) is 4.79 Å². The second-order valence-corrected chi connectivity index (χ2v) is 5.51. The van der Waals surface area contributed by atoms with Gasteiger partial charge in [0.2, 0.25) is 0 Å². The van der Waals surface area contributed by atoms with E-state index in [0.29, 0.717) is 28.1 Å². The Morgan fingerprint density at radius 1 is 1.17 bits per heavy atom. The number of halogens is 1. The van der Waals surface area contributed by atoms with E-state index >= 15 is 0 Å². The molecule has 0 aliphatic heterocycles. The number of aromatic nitrogens is 3. The number of amides is 1. The molecule has 1 amide bonds. The highest BCUT2D eigenvalue weighted by Gasteiger charge is 2.11. The molecule has 24 heavy (non-hydrogen) atoms. The molecule has 0 radical (unpaired) electrons. The lowest BCUT2D eigenvalue weighted by Crippen LogP contribution is -2.15. The van der Waals surface area contributed by atoms with Gasteiger partial charge >= 0.3 is 0 Å². The second kappa shape index (κ2) is 6.67. The number of carbonyl (C=O) groups excluding carboxylic acids is 1. The number of nitrogens with one attached hydrogen (secondary N) is 2. The first-order valence-corrected chi connectivity index (χ1v) is 7.49. The Morgan fingerprint density at radius 3 is 2.67 bits per heavy atom. The Kier molecular flexibility index (Phi) is 4.43. The van der Waals surface area contributed by atoms with E-state index in [1.807, 2.05) is 6.92 Å². The first-order valence-electron chi connectivity index (χ1n) is 7.12. The summed E-state index contributed by atoms with van der Waals surface area (Å²) in [7, 11) is 0. The van der Waals surface area contributed by atoms with Crippen molar-refractivity contribution in [1.82, 2.24) is 15.1 Å². The van der Waals surface area contributed by atoms with E-state index in [2.05, 4.69) is 25.8 Å². The van der Waals surface area contributed by atoms with Crippen LogP contribution in [0.1, 0.15) is 21.8 Å². The summed E-state index contributed by atoms with van der Waals surface area (Å²) in [5.41, 5.74) is 1.62. The molecule has 0 fully saturated rings. The molecule has 0 atom stereocenters. The lowest BCUT2D eigenvalue weighted by atomic mass is 10.2. The fraction of sp³-hybridized carbons (Fsp3) is 0.125. The van der Waals surface area contributed by atoms with E-state index in [-0.39, 0.29) is 11.6 Å². The van der Waals surface area contributed by atoms with Gasteiger partial charge in [0.1, 0.15) is 17.3 Å². The van der Waals surface area contributed by atoms with Gasteiger partial charge in [-0.05, 0) is 31.5 Å². The summed E-state index contributed by atoms with van der Waals surface area (Å²) in [4.78, 5) is 20.5. The third-order valence-corrected chi connectivity index (χ3v) is 3.69. The number of carbonyl (C=O) groups is 1. The van der Waals surface area contributed by atoms with Gasteiger partial charge in [0.05, 0.1) is 12.4 Å². The molecule has 2 aromatic heterocycles. The predicted molar refractivity (Wildman–Crippen MR) is 90.7 cm³/mol. The average molecular weight is 344 g/mol. The molecule has 0 saturated carbocycles. The van der Waals surface area contributed by atoms with Crippen LogP contribution in [-0.2, 0) is 0 Å². The Hall–Kier alpha value is -2.93. The van der Waals surface area contributed by atoms with Crippen molar-refractivity contribution in [1.29, 1.82) is 0 Å². The predicted octanol–water partition coefficient (Wildman–Crippen LogP) is 3.73. The third-order valence-electron chi connectivity index (χ3n) is 3.28. The van der Waals surface area contributed by atoms with Gasteiger partial charge in [-0.15, -0.1) is 0 Å². The van der Waals surface area contributed by atoms with E-state index in [1.54, 1.807) is 31.2 Å². The van der Waals surface area contributed by atoms with Crippen LogP contribution in [0.2, 0.25) is 5.02 Å². The maximum Gasteiger partial charge on any atom is 0.275 e. The van der Waals surface area contributed by atoms with Gasteiger partial charge < -0.3 is 15.2 Å². The van der Waals surface area contributed by atoms with Crippen LogP contribution in [-0.4, -0.2) is 21.0 Å². The molecule has 0 aliphatic rings. The highest BCUT2D eigenvalue weighted by atomic mass is 35.5. The lowest BCUT2D eigenvalue weighted by molar-refractivity contribution is 0.102. The highest BCUT2D eigenvalue weighted by molar-refractivity contribution is 6.31. The van der Waals surface area contributed by atoms with Crippen molar-refractivity contribution in [3.8, 4) is 0 Å². The largest absolute Gasteiger partial charge is 0.360 e. The van der Waals surface area contributed by atoms with Gasteiger partial charge in [0, 0.05) is 16.8 Å². The molecule has 2 heterocycles. The Labute approximate surface area is 143 Å². The molecule has 0 unspecified atom stereocenters. The van der Waals surface area contributed by atoms with Crippen LogP contribution in [0.5, 0.6) is 0 Å². The summed E-state index contributed by atoms with van der Waals surface area (Å²) in [6.45, 7) is 3.62. The highest BCUT2D eigenvalue weighted by Crippen LogP contribution is 2.23. The molecule has 8 heteroatoms. The zero-order valence-electron chi connectivity index (χ0n) is 13.0. The number of nitrogens with zero attached hydrogens (tertiary/aromatic N) is 3. The van der Waals surface area contributed by atoms with Gasteiger partial charge in [-0.2, -0.15) is 0 Å². The van der Waals surface area contributed by atoms with Crippen molar-refractivity contribution in [2.45, 2.75) is 13.8 Å². The maximum atomic E-state index is 12.2. The van der Waals surface area contributed by atoms with Crippen LogP contribution in [0.25, 0.3) is 0 Å². The lowest BCUT2D eigenvalue weighted by Gasteiger charge is -2.09. The normalized spacial score (nSPS) is 10.5. The molecule has 7 nitrogen and oxygen atoms in total. The molecule has 3 aromatic rings. The third kappa shape index (κ3) is 3.52. The van der Waals surface area contributed by atoms with E-state index in [4.69, 9.17) is 16.1 Å². The Bertz CT molecular complexity index is 876. The molecular weight excluding hydrogens is 330 g/mol. The standard InChI is InChI=1S/C16H14ClN5O2/c1-9-6-14(22-24-9)21-15-8-18-13(7-19-15)16(23)20-12-5-3-4-11(17)10(12)2/h3-8H,1-2H3,(H,20,23)(H,19,21,22). The minimum absolute atomic E-state index is 0.191. The summed E-state index contributed by atoms with van der Waals surface area (Å²) >= 11 is 6.04. The quantitative estimate of drug-likeness (QED) is 0.749. The van der Waals surface area contributed by atoms with Crippen molar-refractivity contribution in [3.05, 3.63) is 58.7 Å². The molecular formula is C16H14ClN5O2. The van der Waals surface area contributed by atoms with Gasteiger partial charge in [-0.1, -0.05) is 22.8 Å². The SMILES string of the molecule is Cc1cc(Nc2cnc(C(=O)Nc3cccc(Cl)c3C)cn2)no1. The van der Waals surface area contributed by atoms with Crippen molar-refractivity contribution in [2.75, 3.05) is 10.6 Å². The summed E-state index contributed by atoms with van der Waals surface area (Å²) in [6, 6.07) is 7.03.